The highest BCUT2D eigenvalue weighted by Crippen LogP contribution is 2.20. The van der Waals surface area contributed by atoms with Gasteiger partial charge in [-0.15, -0.1) is 0 Å². The molecule has 0 radical (unpaired) electrons. The van der Waals surface area contributed by atoms with Crippen molar-refractivity contribution in [2.45, 2.75) is 38.6 Å². The van der Waals surface area contributed by atoms with Gasteiger partial charge >= 0.3 is 0 Å². The number of benzene rings is 1. The third kappa shape index (κ3) is 4.00. The largest absolute Gasteiger partial charge is 0.355 e. The van der Waals surface area contributed by atoms with Crippen LogP contribution in [-0.2, 0) is 4.79 Å². The number of carbonyl (C=O) groups is 1. The predicted octanol–water partition coefficient (Wildman–Crippen LogP) is 2.34. The van der Waals surface area contributed by atoms with E-state index < -0.39 is 0 Å². The average molecular weight is 328 g/mol. The van der Waals surface area contributed by atoms with Crippen molar-refractivity contribution in [1.82, 2.24) is 20.8 Å². The Hall–Kier alpha value is -2.21. The molecule has 1 unspecified atom stereocenters. The lowest BCUT2D eigenvalue weighted by Gasteiger charge is -2.27. The molecule has 1 aromatic carbocycles. The van der Waals surface area contributed by atoms with Crippen LogP contribution < -0.4 is 10.6 Å². The van der Waals surface area contributed by atoms with E-state index in [1.807, 2.05) is 37.3 Å². The van der Waals surface area contributed by atoms with Gasteiger partial charge in [0.05, 0.1) is 5.92 Å². The van der Waals surface area contributed by atoms with Crippen molar-refractivity contribution in [3.05, 3.63) is 36.2 Å². The number of carbonyl (C=O) groups excluding carboxylic acids is 1. The van der Waals surface area contributed by atoms with Crippen LogP contribution in [0.25, 0.3) is 11.4 Å². The maximum Gasteiger partial charge on any atom is 0.231 e. The summed E-state index contributed by atoms with van der Waals surface area (Å²) in [5, 5.41) is 10.4. The topological polar surface area (TPSA) is 80.0 Å². The van der Waals surface area contributed by atoms with Crippen LogP contribution in [0, 0.1) is 5.92 Å². The molecular weight excluding hydrogens is 304 g/mol. The molecule has 1 amide bonds. The molecular formula is C18H24N4O2. The van der Waals surface area contributed by atoms with Gasteiger partial charge in [-0.2, -0.15) is 4.98 Å². The van der Waals surface area contributed by atoms with Crippen LogP contribution in [0.3, 0.4) is 0 Å². The zero-order valence-corrected chi connectivity index (χ0v) is 14.2. The van der Waals surface area contributed by atoms with Gasteiger partial charge in [0.1, 0.15) is 0 Å². The van der Waals surface area contributed by atoms with Crippen molar-refractivity contribution < 1.29 is 9.32 Å². The summed E-state index contributed by atoms with van der Waals surface area (Å²) >= 11 is 0. The van der Waals surface area contributed by atoms with Gasteiger partial charge in [0, 0.05) is 24.1 Å². The Balaban J connectivity index is 1.54. The molecule has 1 aliphatic heterocycles. The van der Waals surface area contributed by atoms with Crippen LogP contribution in [0.4, 0.5) is 0 Å². The van der Waals surface area contributed by atoms with E-state index in [4.69, 9.17) is 4.52 Å². The molecule has 1 saturated heterocycles. The molecule has 2 heterocycles. The molecule has 3 atom stereocenters. The summed E-state index contributed by atoms with van der Waals surface area (Å²) in [6.07, 6.45) is 1.78. The van der Waals surface area contributed by atoms with E-state index in [1.54, 1.807) is 0 Å². The molecule has 6 heteroatoms. The maximum absolute atomic E-state index is 12.3. The molecule has 0 spiro atoms. The third-order valence-corrected chi connectivity index (χ3v) is 4.47. The first-order chi connectivity index (χ1) is 11.6. The van der Waals surface area contributed by atoms with Crippen LogP contribution >= 0.6 is 0 Å². The maximum atomic E-state index is 12.3. The molecule has 1 aliphatic rings. The molecule has 2 aromatic rings. The second-order valence-corrected chi connectivity index (χ2v) is 6.54. The van der Waals surface area contributed by atoms with Crippen LogP contribution in [0.1, 0.15) is 38.5 Å². The Morgan fingerprint density at radius 3 is 2.96 bits per heavy atom. The minimum atomic E-state index is -0.0157. The summed E-state index contributed by atoms with van der Waals surface area (Å²) in [4.78, 5) is 16.7. The van der Waals surface area contributed by atoms with E-state index in [2.05, 4.69) is 27.7 Å². The van der Waals surface area contributed by atoms with Crippen LogP contribution in [0.15, 0.2) is 34.9 Å². The fourth-order valence-electron chi connectivity index (χ4n) is 3.00. The fraction of sp³-hybridized carbons (Fsp3) is 0.500. The van der Waals surface area contributed by atoms with Crippen LogP contribution in [-0.4, -0.2) is 35.2 Å². The summed E-state index contributed by atoms with van der Waals surface area (Å²) in [6.45, 7) is 5.51. The Labute approximate surface area is 142 Å². The summed E-state index contributed by atoms with van der Waals surface area (Å²) in [7, 11) is 0. The summed E-state index contributed by atoms with van der Waals surface area (Å²) in [6, 6.07) is 10.1. The van der Waals surface area contributed by atoms with Crippen LogP contribution in [0.5, 0.6) is 0 Å². The van der Waals surface area contributed by atoms with Crippen molar-refractivity contribution in [3.63, 3.8) is 0 Å². The van der Waals surface area contributed by atoms with Gasteiger partial charge in [-0.25, -0.2) is 0 Å². The van der Waals surface area contributed by atoms with Crippen molar-refractivity contribution >= 4 is 5.91 Å². The lowest BCUT2D eigenvalue weighted by molar-refractivity contribution is -0.126. The Morgan fingerprint density at radius 2 is 2.21 bits per heavy atom. The number of rotatable bonds is 5. The summed E-state index contributed by atoms with van der Waals surface area (Å²) < 4.78 is 5.35. The quantitative estimate of drug-likeness (QED) is 0.880. The van der Waals surface area contributed by atoms with E-state index in [0.717, 1.165) is 24.9 Å². The molecule has 6 nitrogen and oxygen atoms in total. The molecule has 0 aliphatic carbocycles. The Morgan fingerprint density at radius 1 is 1.42 bits per heavy atom. The van der Waals surface area contributed by atoms with Crippen molar-refractivity contribution in [2.75, 3.05) is 13.1 Å². The van der Waals surface area contributed by atoms with E-state index >= 15 is 0 Å². The molecule has 2 N–H and O–H groups in total. The van der Waals surface area contributed by atoms with E-state index in [0.29, 0.717) is 24.3 Å². The minimum absolute atomic E-state index is 0.0157. The van der Waals surface area contributed by atoms with Gasteiger partial charge in [-0.05, 0) is 26.3 Å². The third-order valence-electron chi connectivity index (χ3n) is 4.47. The predicted molar refractivity (Wildman–Crippen MR) is 91.3 cm³/mol. The second kappa shape index (κ2) is 7.57. The first-order valence-electron chi connectivity index (χ1n) is 8.53. The Bertz CT molecular complexity index is 671. The van der Waals surface area contributed by atoms with E-state index in [1.165, 1.54) is 0 Å². The van der Waals surface area contributed by atoms with Gasteiger partial charge in [-0.3, -0.25) is 4.79 Å². The normalized spacial score (nSPS) is 22.1. The molecule has 1 aromatic heterocycles. The van der Waals surface area contributed by atoms with Crippen molar-refractivity contribution in [3.8, 4) is 11.4 Å². The number of amides is 1. The highest BCUT2D eigenvalue weighted by molar-refractivity contribution is 5.78. The van der Waals surface area contributed by atoms with Gasteiger partial charge < -0.3 is 15.2 Å². The second-order valence-electron chi connectivity index (χ2n) is 6.54. The molecule has 128 valence electrons. The Kier molecular flexibility index (Phi) is 5.25. The van der Waals surface area contributed by atoms with E-state index in [9.17, 15) is 4.79 Å². The lowest BCUT2D eigenvalue weighted by Crippen LogP contribution is -2.43. The average Bonchev–Trinajstić information content (AvgIpc) is 3.10. The smallest absolute Gasteiger partial charge is 0.231 e. The lowest BCUT2D eigenvalue weighted by atomic mass is 9.92. The number of hydrogen-bond acceptors (Lipinski definition) is 5. The number of hydrogen-bond donors (Lipinski definition) is 2. The summed E-state index contributed by atoms with van der Waals surface area (Å²) in [5.74, 6) is 1.33. The van der Waals surface area contributed by atoms with Gasteiger partial charge in [0.2, 0.25) is 17.6 Å². The van der Waals surface area contributed by atoms with Gasteiger partial charge in [0.25, 0.3) is 0 Å². The zero-order chi connectivity index (χ0) is 16.9. The highest BCUT2D eigenvalue weighted by atomic mass is 16.5. The molecule has 24 heavy (non-hydrogen) atoms. The monoisotopic (exact) mass is 328 g/mol. The molecule has 1 fully saturated rings. The number of piperidine rings is 1. The number of nitrogens with one attached hydrogen (secondary N) is 2. The fourth-order valence-corrected chi connectivity index (χ4v) is 3.00. The zero-order valence-electron chi connectivity index (χ0n) is 14.2. The van der Waals surface area contributed by atoms with E-state index in [-0.39, 0.29) is 17.7 Å². The van der Waals surface area contributed by atoms with Crippen molar-refractivity contribution in [1.29, 1.82) is 0 Å². The summed E-state index contributed by atoms with van der Waals surface area (Å²) in [5.41, 5.74) is 0.924. The number of nitrogens with zero attached hydrogens (tertiary/aromatic N) is 2. The van der Waals surface area contributed by atoms with Gasteiger partial charge in [0.15, 0.2) is 0 Å². The SMILES string of the molecule is CC(CNC(=O)[C@H]1CCN[C@@H](C)C1)c1nc(-c2ccccc2)no1. The van der Waals surface area contributed by atoms with Crippen molar-refractivity contribution in [2.24, 2.45) is 5.92 Å². The first-order valence-corrected chi connectivity index (χ1v) is 8.53. The molecule has 3 rings (SSSR count). The molecule has 0 saturated carbocycles. The minimum Gasteiger partial charge on any atom is -0.355 e. The number of aromatic nitrogens is 2. The highest BCUT2D eigenvalue weighted by Gasteiger charge is 2.25. The molecule has 0 bridgehead atoms. The first kappa shape index (κ1) is 16.6. The standard InChI is InChI=1S/C18H24N4O2/c1-12(11-20-17(23)15-8-9-19-13(2)10-15)18-21-16(22-24-18)14-6-4-3-5-7-14/h3-7,12-13,15,19H,8-11H2,1-2H3,(H,20,23)/t12?,13-,15-/m0/s1. The van der Waals surface area contributed by atoms with Crippen LogP contribution in [0.2, 0.25) is 0 Å². The van der Waals surface area contributed by atoms with Gasteiger partial charge in [-0.1, -0.05) is 42.4 Å².